The van der Waals surface area contributed by atoms with E-state index in [2.05, 4.69) is 98.4 Å². The third-order valence-electron chi connectivity index (χ3n) is 5.11. The molecule has 1 aromatic heterocycles. The van der Waals surface area contributed by atoms with Gasteiger partial charge in [-0.15, -0.1) is 0 Å². The first-order chi connectivity index (χ1) is 11.5. The molecule has 1 heterocycles. The maximum absolute atomic E-state index is 2.35. The molecule has 1 nitrogen and oxygen atoms in total. The number of hydrogen-bond acceptors (Lipinski definition) is 0. The zero-order chi connectivity index (χ0) is 16.7. The summed E-state index contributed by atoms with van der Waals surface area (Å²) in [5, 5.41) is 4.01. The molecule has 0 bridgehead atoms. The van der Waals surface area contributed by atoms with Gasteiger partial charge in [-0.25, -0.2) is 0 Å². The van der Waals surface area contributed by atoms with Crippen LogP contribution in [0.15, 0.2) is 72.9 Å². The predicted octanol–water partition coefficient (Wildman–Crippen LogP) is 5.85. The number of rotatable bonds is 3. The van der Waals surface area contributed by atoms with E-state index in [-0.39, 0.29) is 5.41 Å². The van der Waals surface area contributed by atoms with E-state index in [9.17, 15) is 0 Å². The summed E-state index contributed by atoms with van der Waals surface area (Å²) < 4.78 is 2.18. The molecule has 0 N–H and O–H groups in total. The molecule has 0 saturated heterocycles. The summed E-state index contributed by atoms with van der Waals surface area (Å²) >= 11 is 0. The van der Waals surface area contributed by atoms with Gasteiger partial charge >= 0.3 is 0 Å². The molecule has 24 heavy (non-hydrogen) atoms. The van der Waals surface area contributed by atoms with Gasteiger partial charge in [0.05, 0.1) is 0 Å². The number of aryl methyl sites for hydroxylation is 1. The fraction of sp³-hybridized carbons (Fsp3) is 0.217. The van der Waals surface area contributed by atoms with Gasteiger partial charge < -0.3 is 4.57 Å². The molecule has 0 aliphatic carbocycles. The van der Waals surface area contributed by atoms with E-state index in [0.29, 0.717) is 0 Å². The minimum absolute atomic E-state index is 0.0866. The van der Waals surface area contributed by atoms with E-state index < -0.39 is 0 Å². The lowest BCUT2D eigenvalue weighted by Gasteiger charge is -2.27. The van der Waals surface area contributed by atoms with Crippen LogP contribution in [0.4, 0.5) is 0 Å². The molecule has 0 spiro atoms. The van der Waals surface area contributed by atoms with Crippen molar-refractivity contribution in [1.82, 2.24) is 4.57 Å². The van der Waals surface area contributed by atoms with Crippen LogP contribution in [0.3, 0.4) is 0 Å². The maximum Gasteiger partial charge on any atom is 0.0477 e. The number of fused-ring (bicyclic) bond motifs is 2. The summed E-state index contributed by atoms with van der Waals surface area (Å²) in [4.78, 5) is 0. The molecule has 4 aromatic rings. The first-order valence-electron chi connectivity index (χ1n) is 8.57. The summed E-state index contributed by atoms with van der Waals surface area (Å²) in [6.07, 6.45) is 3.16. The third-order valence-corrected chi connectivity index (χ3v) is 5.11. The molecule has 0 saturated carbocycles. The van der Waals surface area contributed by atoms with Crippen LogP contribution < -0.4 is 0 Å². The molecule has 0 unspecified atom stereocenters. The molecule has 3 aromatic carbocycles. The van der Waals surface area contributed by atoms with E-state index in [4.69, 9.17) is 0 Å². The van der Waals surface area contributed by atoms with Gasteiger partial charge in [-0.1, -0.05) is 62.4 Å². The Morgan fingerprint density at radius 2 is 1.62 bits per heavy atom. The van der Waals surface area contributed by atoms with Gasteiger partial charge in [0.2, 0.25) is 0 Å². The number of benzene rings is 3. The third kappa shape index (κ3) is 2.50. The summed E-state index contributed by atoms with van der Waals surface area (Å²) in [5.41, 5.74) is 4.20. The lowest BCUT2D eigenvalue weighted by Crippen LogP contribution is -2.20. The average molecular weight is 313 g/mol. The Morgan fingerprint density at radius 1 is 0.833 bits per heavy atom. The lowest BCUT2D eigenvalue weighted by atomic mass is 9.77. The van der Waals surface area contributed by atoms with Crippen LogP contribution in [0.25, 0.3) is 21.7 Å². The molecule has 0 aliphatic rings. The van der Waals surface area contributed by atoms with Crippen LogP contribution in [0.2, 0.25) is 0 Å². The largest absolute Gasteiger partial charge is 0.351 e. The molecular formula is C23H23N. The zero-order valence-corrected chi connectivity index (χ0v) is 14.6. The van der Waals surface area contributed by atoms with Crippen LogP contribution in [-0.2, 0) is 18.9 Å². The molecule has 0 fully saturated rings. The minimum atomic E-state index is 0.0866. The predicted molar refractivity (Wildman–Crippen MR) is 104 cm³/mol. The zero-order valence-electron chi connectivity index (χ0n) is 14.6. The van der Waals surface area contributed by atoms with Crippen molar-refractivity contribution in [3.05, 3.63) is 84.1 Å². The van der Waals surface area contributed by atoms with Crippen molar-refractivity contribution >= 4 is 21.7 Å². The summed E-state index contributed by atoms with van der Waals surface area (Å²) in [7, 11) is 2.10. The second kappa shape index (κ2) is 5.52. The van der Waals surface area contributed by atoms with Crippen LogP contribution in [0, 0.1) is 0 Å². The Kier molecular flexibility index (Phi) is 3.45. The molecule has 0 atom stereocenters. The van der Waals surface area contributed by atoms with E-state index in [1.165, 1.54) is 32.8 Å². The smallest absolute Gasteiger partial charge is 0.0477 e. The van der Waals surface area contributed by atoms with Crippen LogP contribution in [0.1, 0.15) is 25.0 Å². The van der Waals surface area contributed by atoms with Crippen molar-refractivity contribution in [3.63, 3.8) is 0 Å². The molecule has 0 radical (unpaired) electrons. The Hall–Kier alpha value is -2.54. The van der Waals surface area contributed by atoms with Crippen LogP contribution >= 0.6 is 0 Å². The van der Waals surface area contributed by atoms with Crippen molar-refractivity contribution in [2.75, 3.05) is 0 Å². The first-order valence-corrected chi connectivity index (χ1v) is 8.57. The van der Waals surface area contributed by atoms with Gasteiger partial charge in [0.25, 0.3) is 0 Å². The Morgan fingerprint density at radius 3 is 2.50 bits per heavy atom. The fourth-order valence-corrected chi connectivity index (χ4v) is 3.86. The molecule has 4 rings (SSSR count). The van der Waals surface area contributed by atoms with Crippen molar-refractivity contribution in [2.24, 2.45) is 7.05 Å². The Balaban J connectivity index is 1.75. The van der Waals surface area contributed by atoms with Gasteiger partial charge in [0.1, 0.15) is 0 Å². The van der Waals surface area contributed by atoms with Crippen molar-refractivity contribution in [3.8, 4) is 0 Å². The summed E-state index contributed by atoms with van der Waals surface area (Å²) in [5.74, 6) is 0. The normalized spacial score (nSPS) is 12.1. The number of nitrogens with zero attached hydrogens (tertiary/aromatic N) is 1. The Bertz CT molecular complexity index is 1020. The van der Waals surface area contributed by atoms with Crippen LogP contribution in [0.5, 0.6) is 0 Å². The second-order valence-corrected chi connectivity index (χ2v) is 7.41. The van der Waals surface area contributed by atoms with Gasteiger partial charge in [0.15, 0.2) is 0 Å². The van der Waals surface area contributed by atoms with Gasteiger partial charge in [-0.3, -0.25) is 0 Å². The average Bonchev–Trinajstić information content (AvgIpc) is 2.94. The highest BCUT2D eigenvalue weighted by Crippen LogP contribution is 2.33. The highest BCUT2D eigenvalue weighted by atomic mass is 14.9. The van der Waals surface area contributed by atoms with E-state index in [1.54, 1.807) is 0 Å². The quantitative estimate of drug-likeness (QED) is 0.447. The van der Waals surface area contributed by atoms with Gasteiger partial charge in [-0.2, -0.15) is 0 Å². The van der Waals surface area contributed by atoms with Crippen molar-refractivity contribution in [2.45, 2.75) is 25.7 Å². The van der Waals surface area contributed by atoms with Gasteiger partial charge in [0, 0.05) is 18.8 Å². The van der Waals surface area contributed by atoms with E-state index in [0.717, 1.165) is 6.42 Å². The number of aromatic nitrogens is 1. The molecule has 0 amide bonds. The lowest BCUT2D eigenvalue weighted by molar-refractivity contribution is 0.527. The number of hydrogen-bond donors (Lipinski definition) is 0. The molecular weight excluding hydrogens is 290 g/mol. The highest BCUT2D eigenvalue weighted by Gasteiger charge is 2.23. The van der Waals surface area contributed by atoms with Crippen LogP contribution in [-0.4, -0.2) is 4.57 Å². The highest BCUT2D eigenvalue weighted by molar-refractivity contribution is 5.86. The monoisotopic (exact) mass is 313 g/mol. The minimum Gasteiger partial charge on any atom is -0.351 e. The summed E-state index contributed by atoms with van der Waals surface area (Å²) in [6, 6.07) is 24.4. The van der Waals surface area contributed by atoms with Gasteiger partial charge in [-0.05, 0) is 57.3 Å². The molecule has 120 valence electrons. The maximum atomic E-state index is 2.35. The van der Waals surface area contributed by atoms with E-state index >= 15 is 0 Å². The molecule has 0 aliphatic heterocycles. The van der Waals surface area contributed by atoms with Crippen molar-refractivity contribution < 1.29 is 0 Å². The second-order valence-electron chi connectivity index (χ2n) is 7.41. The standard InChI is InChI=1S/C23H23N/c1-23(2,21-10-6-8-18-7-4-5-9-20(18)21)16-17-11-12-22-19(15-17)13-14-24(22)3/h4-15H,16H2,1-3H3. The fourth-order valence-electron chi connectivity index (χ4n) is 3.86. The van der Waals surface area contributed by atoms with Crippen molar-refractivity contribution in [1.29, 1.82) is 0 Å². The SMILES string of the molecule is Cn1ccc2cc(CC(C)(C)c3cccc4ccccc34)ccc21. The molecule has 1 heteroatoms. The summed E-state index contributed by atoms with van der Waals surface area (Å²) in [6.45, 7) is 4.70. The Labute approximate surface area is 143 Å². The van der Waals surface area contributed by atoms with E-state index in [1.807, 2.05) is 0 Å². The topological polar surface area (TPSA) is 4.93 Å². The first kappa shape index (κ1) is 15.0.